The van der Waals surface area contributed by atoms with Gasteiger partial charge in [0, 0.05) is 25.3 Å². The van der Waals surface area contributed by atoms with Crippen LogP contribution in [0.1, 0.15) is 31.2 Å². The highest BCUT2D eigenvalue weighted by atomic mass is 16.6. The van der Waals surface area contributed by atoms with Crippen molar-refractivity contribution in [3.8, 4) is 0 Å². The van der Waals surface area contributed by atoms with Crippen LogP contribution in [0.2, 0.25) is 0 Å². The number of aliphatic hydroxyl groups is 1. The molecule has 5 heteroatoms. The third kappa shape index (κ3) is 4.65. The van der Waals surface area contributed by atoms with Gasteiger partial charge in [-0.2, -0.15) is 0 Å². The average molecular weight is 290 g/mol. The molecule has 0 saturated heterocycles. The van der Waals surface area contributed by atoms with Crippen LogP contribution in [0.15, 0.2) is 30.3 Å². The molecule has 0 bridgehead atoms. The van der Waals surface area contributed by atoms with Crippen molar-refractivity contribution in [1.29, 1.82) is 0 Å². The molecule has 21 heavy (non-hydrogen) atoms. The molecule has 1 aliphatic carbocycles. The van der Waals surface area contributed by atoms with E-state index in [1.165, 1.54) is 6.07 Å². The quantitative estimate of drug-likeness (QED) is 0.624. The number of nitro benzene ring substituents is 1. The molecule has 1 aromatic carbocycles. The number of nitrogens with zero attached hydrogens (tertiary/aromatic N) is 1. The molecule has 0 spiro atoms. The van der Waals surface area contributed by atoms with Gasteiger partial charge < -0.3 is 10.4 Å². The second kappa shape index (κ2) is 7.90. The van der Waals surface area contributed by atoms with E-state index in [0.29, 0.717) is 30.7 Å². The summed E-state index contributed by atoms with van der Waals surface area (Å²) in [5.41, 5.74) is 0.769. The highest BCUT2D eigenvalue weighted by Gasteiger charge is 2.19. The minimum absolute atomic E-state index is 0.136. The molecule has 1 saturated carbocycles. The van der Waals surface area contributed by atoms with E-state index in [4.69, 9.17) is 5.11 Å². The Bertz CT molecular complexity index is 494. The third-order valence-corrected chi connectivity index (χ3v) is 4.06. The van der Waals surface area contributed by atoms with Crippen LogP contribution in [0.3, 0.4) is 0 Å². The zero-order chi connectivity index (χ0) is 15.1. The molecule has 1 aliphatic rings. The fraction of sp³-hybridized carbons (Fsp3) is 0.500. The number of para-hydroxylation sites is 1. The number of hydrogen-bond donors (Lipinski definition) is 2. The SMILES string of the molecule is O=[N+]([O-])c1ccccc1/C=C/CNC1CCC(CO)CC1. The fourth-order valence-corrected chi connectivity index (χ4v) is 2.76. The van der Waals surface area contributed by atoms with Crippen LogP contribution in [-0.2, 0) is 0 Å². The molecule has 114 valence electrons. The molecule has 0 aromatic heterocycles. The molecule has 5 nitrogen and oxygen atoms in total. The standard InChI is InChI=1S/C16H22N2O3/c19-12-13-7-9-15(10-8-13)17-11-3-5-14-4-1-2-6-16(14)18(20)21/h1-6,13,15,17,19H,7-12H2/b5-3+. The van der Waals surface area contributed by atoms with Gasteiger partial charge in [0.25, 0.3) is 5.69 Å². The van der Waals surface area contributed by atoms with Gasteiger partial charge in [-0.15, -0.1) is 0 Å². The van der Waals surface area contributed by atoms with Crippen molar-refractivity contribution in [2.75, 3.05) is 13.2 Å². The lowest BCUT2D eigenvalue weighted by molar-refractivity contribution is -0.385. The van der Waals surface area contributed by atoms with E-state index in [-0.39, 0.29) is 10.6 Å². The van der Waals surface area contributed by atoms with E-state index in [2.05, 4.69) is 5.32 Å². The van der Waals surface area contributed by atoms with Gasteiger partial charge in [0.15, 0.2) is 0 Å². The Morgan fingerprint density at radius 3 is 2.67 bits per heavy atom. The maximum absolute atomic E-state index is 10.9. The number of nitrogens with one attached hydrogen (secondary N) is 1. The number of nitro groups is 1. The molecule has 0 atom stereocenters. The van der Waals surface area contributed by atoms with Crippen molar-refractivity contribution in [2.45, 2.75) is 31.7 Å². The summed E-state index contributed by atoms with van der Waals surface area (Å²) in [6.07, 6.45) is 8.05. The largest absolute Gasteiger partial charge is 0.396 e. The van der Waals surface area contributed by atoms with E-state index < -0.39 is 0 Å². The van der Waals surface area contributed by atoms with Crippen molar-refractivity contribution >= 4 is 11.8 Å². The van der Waals surface area contributed by atoms with Gasteiger partial charge in [0.2, 0.25) is 0 Å². The molecule has 2 N–H and O–H groups in total. The lowest BCUT2D eigenvalue weighted by atomic mass is 9.86. The predicted molar refractivity (Wildman–Crippen MR) is 83.0 cm³/mol. The number of hydrogen-bond acceptors (Lipinski definition) is 4. The minimum atomic E-state index is -0.358. The first kappa shape index (κ1) is 15.7. The lowest BCUT2D eigenvalue weighted by Gasteiger charge is -2.27. The molecule has 2 rings (SSSR count). The van der Waals surface area contributed by atoms with Crippen molar-refractivity contribution in [3.63, 3.8) is 0 Å². The molecule has 1 fully saturated rings. The van der Waals surface area contributed by atoms with Gasteiger partial charge in [-0.3, -0.25) is 10.1 Å². The second-order valence-corrected chi connectivity index (χ2v) is 5.53. The highest BCUT2D eigenvalue weighted by Crippen LogP contribution is 2.23. The Kier molecular flexibility index (Phi) is 5.90. The molecule has 1 aromatic rings. The van der Waals surface area contributed by atoms with Gasteiger partial charge in [0.1, 0.15) is 0 Å². The Morgan fingerprint density at radius 1 is 1.29 bits per heavy atom. The van der Waals surface area contributed by atoms with Crippen LogP contribution in [0.4, 0.5) is 5.69 Å². The summed E-state index contributed by atoms with van der Waals surface area (Å²) in [5.74, 6) is 0.463. The Hall–Kier alpha value is -1.72. The second-order valence-electron chi connectivity index (χ2n) is 5.53. The van der Waals surface area contributed by atoms with Crippen LogP contribution in [0, 0.1) is 16.0 Å². The first-order valence-electron chi connectivity index (χ1n) is 7.45. The highest BCUT2D eigenvalue weighted by molar-refractivity contribution is 5.60. The topological polar surface area (TPSA) is 75.4 Å². The predicted octanol–water partition coefficient (Wildman–Crippen LogP) is 2.75. The van der Waals surface area contributed by atoms with Gasteiger partial charge in [0.05, 0.1) is 10.5 Å². The Morgan fingerprint density at radius 2 is 2.00 bits per heavy atom. The van der Waals surface area contributed by atoms with E-state index in [1.54, 1.807) is 24.3 Å². The molecule has 0 radical (unpaired) electrons. The monoisotopic (exact) mass is 290 g/mol. The summed E-state index contributed by atoms with van der Waals surface area (Å²) >= 11 is 0. The average Bonchev–Trinajstić information content (AvgIpc) is 2.52. The molecule has 0 unspecified atom stereocenters. The zero-order valence-corrected chi connectivity index (χ0v) is 12.1. The first-order valence-corrected chi connectivity index (χ1v) is 7.45. The number of benzene rings is 1. The fourth-order valence-electron chi connectivity index (χ4n) is 2.76. The van der Waals surface area contributed by atoms with Gasteiger partial charge in [-0.05, 0) is 37.7 Å². The van der Waals surface area contributed by atoms with Crippen LogP contribution in [0.5, 0.6) is 0 Å². The summed E-state index contributed by atoms with van der Waals surface area (Å²) in [6, 6.07) is 7.23. The maximum atomic E-state index is 10.9. The van der Waals surface area contributed by atoms with E-state index in [9.17, 15) is 10.1 Å². The summed E-state index contributed by atoms with van der Waals surface area (Å²) in [5, 5.41) is 23.4. The van der Waals surface area contributed by atoms with E-state index in [0.717, 1.165) is 25.7 Å². The van der Waals surface area contributed by atoms with Crippen molar-refractivity contribution < 1.29 is 10.0 Å². The van der Waals surface area contributed by atoms with Crippen LogP contribution in [-0.4, -0.2) is 29.2 Å². The summed E-state index contributed by atoms with van der Waals surface area (Å²) in [4.78, 5) is 10.5. The van der Waals surface area contributed by atoms with Crippen LogP contribution < -0.4 is 5.32 Å². The Labute approximate surface area is 124 Å². The maximum Gasteiger partial charge on any atom is 0.276 e. The third-order valence-electron chi connectivity index (χ3n) is 4.06. The summed E-state index contributed by atoms with van der Waals surface area (Å²) in [6.45, 7) is 1.00. The van der Waals surface area contributed by atoms with Gasteiger partial charge in [-0.1, -0.05) is 24.3 Å². The zero-order valence-electron chi connectivity index (χ0n) is 12.1. The van der Waals surface area contributed by atoms with Gasteiger partial charge >= 0.3 is 0 Å². The number of rotatable bonds is 6. The van der Waals surface area contributed by atoms with Crippen molar-refractivity contribution in [2.24, 2.45) is 5.92 Å². The van der Waals surface area contributed by atoms with E-state index in [1.807, 2.05) is 6.08 Å². The normalized spacial score (nSPS) is 22.5. The van der Waals surface area contributed by atoms with Crippen LogP contribution >= 0.6 is 0 Å². The van der Waals surface area contributed by atoms with E-state index >= 15 is 0 Å². The summed E-state index contributed by atoms with van der Waals surface area (Å²) < 4.78 is 0. The number of aliphatic hydroxyl groups excluding tert-OH is 1. The molecule has 0 aliphatic heterocycles. The molecular formula is C16H22N2O3. The molecular weight excluding hydrogens is 268 g/mol. The van der Waals surface area contributed by atoms with Crippen molar-refractivity contribution in [1.82, 2.24) is 5.32 Å². The molecule has 0 amide bonds. The minimum Gasteiger partial charge on any atom is -0.396 e. The summed E-state index contributed by atoms with van der Waals surface area (Å²) in [7, 11) is 0. The first-order chi connectivity index (χ1) is 10.2. The van der Waals surface area contributed by atoms with Gasteiger partial charge in [-0.25, -0.2) is 0 Å². The Balaban J connectivity index is 1.80. The van der Waals surface area contributed by atoms with Crippen LogP contribution in [0.25, 0.3) is 6.08 Å². The molecule has 0 heterocycles. The van der Waals surface area contributed by atoms with Crippen molar-refractivity contribution in [3.05, 3.63) is 46.0 Å². The lowest BCUT2D eigenvalue weighted by Crippen LogP contribution is -2.33. The smallest absolute Gasteiger partial charge is 0.276 e.